The Hall–Kier alpha value is -1.85. The van der Waals surface area contributed by atoms with E-state index in [0.29, 0.717) is 12.5 Å². The summed E-state index contributed by atoms with van der Waals surface area (Å²) in [6.45, 7) is 6.46. The van der Waals surface area contributed by atoms with E-state index in [1.165, 1.54) is 12.8 Å². The summed E-state index contributed by atoms with van der Waals surface area (Å²) in [6.07, 6.45) is 4.60. The number of nitrogens with zero attached hydrogens (tertiary/aromatic N) is 2. The number of carbonyl (C=O) groups is 1. The van der Waals surface area contributed by atoms with Crippen molar-refractivity contribution in [1.82, 2.24) is 20.4 Å². The number of nitrogens with one attached hydrogen (secondary N) is 2. The predicted octanol–water partition coefficient (Wildman–Crippen LogP) is 3.31. The van der Waals surface area contributed by atoms with E-state index in [2.05, 4.69) is 34.8 Å². The molecule has 1 aliphatic heterocycles. The number of amides is 1. The highest BCUT2D eigenvalue weighted by molar-refractivity contribution is 5.85. The third kappa shape index (κ3) is 3.50. The molecule has 2 N–H and O–H groups in total. The lowest BCUT2D eigenvalue weighted by Crippen LogP contribution is -2.47. The van der Waals surface area contributed by atoms with E-state index in [1.54, 1.807) is 0 Å². The topological polar surface area (TPSA) is 59.0 Å². The molecule has 0 bridgehead atoms. The van der Waals surface area contributed by atoms with Gasteiger partial charge in [-0.15, -0.1) is 12.4 Å². The first-order chi connectivity index (χ1) is 12.6. The van der Waals surface area contributed by atoms with Crippen molar-refractivity contribution in [1.29, 1.82) is 0 Å². The maximum Gasteiger partial charge on any atom is 0.228 e. The van der Waals surface area contributed by atoms with E-state index in [9.17, 15) is 4.79 Å². The van der Waals surface area contributed by atoms with Crippen LogP contribution in [0.25, 0.3) is 5.69 Å². The van der Waals surface area contributed by atoms with Crippen LogP contribution in [0.2, 0.25) is 0 Å². The Morgan fingerprint density at radius 1 is 1.30 bits per heavy atom. The number of hydrogen-bond acceptors (Lipinski definition) is 3. The van der Waals surface area contributed by atoms with Gasteiger partial charge in [0.1, 0.15) is 0 Å². The molecule has 146 valence electrons. The number of benzene rings is 1. The molecule has 1 saturated carbocycles. The van der Waals surface area contributed by atoms with Crippen LogP contribution >= 0.6 is 12.4 Å². The molecule has 1 aromatic heterocycles. The van der Waals surface area contributed by atoms with Crippen molar-refractivity contribution in [2.75, 3.05) is 13.1 Å². The van der Waals surface area contributed by atoms with Gasteiger partial charge in [-0.2, -0.15) is 5.10 Å². The van der Waals surface area contributed by atoms with Crippen molar-refractivity contribution >= 4 is 18.3 Å². The van der Waals surface area contributed by atoms with Crippen LogP contribution in [-0.4, -0.2) is 28.8 Å². The van der Waals surface area contributed by atoms with Crippen molar-refractivity contribution in [2.24, 2.45) is 11.3 Å². The minimum atomic E-state index is -0.199. The molecule has 0 unspecified atom stereocenters. The van der Waals surface area contributed by atoms with Gasteiger partial charge in [-0.05, 0) is 51.3 Å². The average Bonchev–Trinajstić information content (AvgIpc) is 3.23. The minimum Gasteiger partial charge on any atom is -0.351 e. The fourth-order valence-corrected chi connectivity index (χ4v) is 4.79. The monoisotopic (exact) mass is 388 g/mol. The smallest absolute Gasteiger partial charge is 0.228 e. The van der Waals surface area contributed by atoms with E-state index < -0.39 is 0 Å². The summed E-state index contributed by atoms with van der Waals surface area (Å²) < 4.78 is 1.97. The first-order valence-electron chi connectivity index (χ1n) is 9.71. The summed E-state index contributed by atoms with van der Waals surface area (Å²) in [5.41, 5.74) is 4.05. The summed E-state index contributed by atoms with van der Waals surface area (Å²) in [4.78, 5) is 13.1. The Labute approximate surface area is 167 Å². The molecule has 1 amide bonds. The molecule has 2 atom stereocenters. The quantitative estimate of drug-likeness (QED) is 0.844. The largest absolute Gasteiger partial charge is 0.351 e. The summed E-state index contributed by atoms with van der Waals surface area (Å²) in [5.74, 6) is 0.712. The molecular formula is C21H29ClN4O. The minimum absolute atomic E-state index is 0. The number of aryl methyl sites for hydroxylation is 1. The highest BCUT2D eigenvalue weighted by atomic mass is 35.5. The fraction of sp³-hybridized carbons (Fsp3) is 0.524. The molecule has 4 rings (SSSR count). The van der Waals surface area contributed by atoms with Gasteiger partial charge in [0.15, 0.2) is 0 Å². The molecule has 1 aromatic carbocycles. The molecule has 0 radical (unpaired) electrons. The molecule has 2 fully saturated rings. The number of para-hydroxylation sites is 1. The molecule has 2 aromatic rings. The Balaban J connectivity index is 0.00000210. The van der Waals surface area contributed by atoms with Crippen LogP contribution in [-0.2, 0) is 11.3 Å². The summed E-state index contributed by atoms with van der Waals surface area (Å²) in [7, 11) is 0. The van der Waals surface area contributed by atoms with E-state index in [-0.39, 0.29) is 23.7 Å². The first-order valence-corrected chi connectivity index (χ1v) is 9.71. The first kappa shape index (κ1) is 19.9. The lowest BCUT2D eigenvalue weighted by atomic mass is 9.67. The SMILES string of the molecule is Cc1nn(-c2ccccc2)c(C)c1CNC(=O)[C@@]12CCCC[C@H]1CNC2.Cl. The Morgan fingerprint density at radius 2 is 2.07 bits per heavy atom. The maximum atomic E-state index is 13.1. The number of carbonyl (C=O) groups excluding carboxylic acids is 1. The van der Waals surface area contributed by atoms with Crippen molar-refractivity contribution in [3.63, 3.8) is 0 Å². The third-order valence-electron chi connectivity index (χ3n) is 6.36. The van der Waals surface area contributed by atoms with Crippen LogP contribution < -0.4 is 10.6 Å². The van der Waals surface area contributed by atoms with Gasteiger partial charge in [-0.1, -0.05) is 31.0 Å². The molecule has 1 saturated heterocycles. The molecule has 6 heteroatoms. The number of fused-ring (bicyclic) bond motifs is 1. The van der Waals surface area contributed by atoms with Gasteiger partial charge in [0.2, 0.25) is 5.91 Å². The van der Waals surface area contributed by atoms with E-state index in [1.807, 2.05) is 29.8 Å². The van der Waals surface area contributed by atoms with E-state index in [4.69, 9.17) is 0 Å². The zero-order chi connectivity index (χ0) is 18.1. The van der Waals surface area contributed by atoms with Crippen molar-refractivity contribution in [3.05, 3.63) is 47.3 Å². The molecule has 0 spiro atoms. The lowest BCUT2D eigenvalue weighted by molar-refractivity contribution is -0.134. The van der Waals surface area contributed by atoms with Crippen molar-refractivity contribution < 1.29 is 4.79 Å². The average molecular weight is 389 g/mol. The standard InChI is InChI=1S/C21H28N4O.ClH/c1-15-19(16(2)25(24-15)18-9-4-3-5-10-18)13-23-20(26)21-11-7-6-8-17(21)12-22-14-21;/h3-5,9-10,17,22H,6-8,11-14H2,1-2H3,(H,23,26);1H/t17-,21+;/m0./s1. The van der Waals surface area contributed by atoms with Gasteiger partial charge < -0.3 is 10.6 Å². The van der Waals surface area contributed by atoms with Gasteiger partial charge >= 0.3 is 0 Å². The number of hydrogen-bond donors (Lipinski definition) is 2. The lowest BCUT2D eigenvalue weighted by Gasteiger charge is -2.37. The zero-order valence-corrected chi connectivity index (χ0v) is 16.9. The maximum absolute atomic E-state index is 13.1. The third-order valence-corrected chi connectivity index (χ3v) is 6.36. The van der Waals surface area contributed by atoms with Crippen molar-refractivity contribution in [2.45, 2.75) is 46.1 Å². The molecule has 1 aliphatic carbocycles. The highest BCUT2D eigenvalue weighted by Crippen LogP contribution is 2.43. The van der Waals surface area contributed by atoms with Crippen molar-refractivity contribution in [3.8, 4) is 5.69 Å². The number of halogens is 1. The van der Waals surface area contributed by atoms with Crippen LogP contribution in [0.1, 0.15) is 42.6 Å². The van der Waals surface area contributed by atoms with Gasteiger partial charge in [0.25, 0.3) is 0 Å². The second kappa shape index (κ2) is 8.03. The predicted molar refractivity (Wildman–Crippen MR) is 109 cm³/mol. The Morgan fingerprint density at radius 3 is 2.85 bits per heavy atom. The van der Waals surface area contributed by atoms with Crippen LogP contribution in [0, 0.1) is 25.2 Å². The van der Waals surface area contributed by atoms with Crippen LogP contribution in [0.3, 0.4) is 0 Å². The fourth-order valence-electron chi connectivity index (χ4n) is 4.79. The Bertz CT molecular complexity index is 804. The second-order valence-corrected chi connectivity index (χ2v) is 7.81. The second-order valence-electron chi connectivity index (χ2n) is 7.81. The zero-order valence-electron chi connectivity index (χ0n) is 16.1. The van der Waals surface area contributed by atoms with E-state index >= 15 is 0 Å². The molecule has 2 heterocycles. The number of aromatic nitrogens is 2. The molecular weight excluding hydrogens is 360 g/mol. The Kier molecular flexibility index (Phi) is 5.92. The summed E-state index contributed by atoms with van der Waals surface area (Å²) >= 11 is 0. The molecule has 2 aliphatic rings. The molecule has 27 heavy (non-hydrogen) atoms. The van der Waals surface area contributed by atoms with Gasteiger partial charge in [0.05, 0.1) is 16.8 Å². The van der Waals surface area contributed by atoms with Crippen LogP contribution in [0.15, 0.2) is 30.3 Å². The summed E-state index contributed by atoms with van der Waals surface area (Å²) in [6, 6.07) is 10.1. The van der Waals surface area contributed by atoms with Gasteiger partial charge in [-0.25, -0.2) is 4.68 Å². The van der Waals surface area contributed by atoms with Gasteiger partial charge in [-0.3, -0.25) is 4.79 Å². The summed E-state index contributed by atoms with van der Waals surface area (Å²) in [5, 5.41) is 11.4. The van der Waals surface area contributed by atoms with Gasteiger partial charge in [0, 0.05) is 24.3 Å². The van der Waals surface area contributed by atoms with E-state index in [0.717, 1.165) is 48.6 Å². The van der Waals surface area contributed by atoms with Crippen LogP contribution in [0.4, 0.5) is 0 Å². The van der Waals surface area contributed by atoms with Crippen LogP contribution in [0.5, 0.6) is 0 Å². The normalized spacial score (nSPS) is 24.1. The number of rotatable bonds is 4. The molecule has 5 nitrogen and oxygen atoms in total. The highest BCUT2D eigenvalue weighted by Gasteiger charge is 2.49.